The molecule has 1 aliphatic carbocycles. The van der Waals surface area contributed by atoms with Gasteiger partial charge in [-0.15, -0.1) is 9.24 Å². The largest absolute Gasteiger partial charge is 0.123 e. The lowest BCUT2D eigenvalue weighted by Crippen LogP contribution is -2.14. The molecule has 0 amide bonds. The maximum absolute atomic E-state index is 4.16. The Labute approximate surface area is 106 Å². The number of allylic oxidation sites excluding steroid dienone is 5. The number of fused-ring (bicyclic) bond motifs is 1. The van der Waals surface area contributed by atoms with E-state index in [0.29, 0.717) is 0 Å². The Hall–Kier alpha value is -1.13. The molecular formula is C16H19P. The minimum Gasteiger partial charge on any atom is -0.123 e. The van der Waals surface area contributed by atoms with Gasteiger partial charge < -0.3 is 0 Å². The van der Waals surface area contributed by atoms with Crippen LogP contribution in [-0.2, 0) is 5.16 Å². The molecule has 0 spiro atoms. The molecule has 2 unspecified atom stereocenters. The van der Waals surface area contributed by atoms with Crippen LogP contribution in [0.25, 0.3) is 5.57 Å². The van der Waals surface area contributed by atoms with E-state index in [1.54, 1.807) is 0 Å². The molecule has 2 atom stereocenters. The van der Waals surface area contributed by atoms with Gasteiger partial charge in [-0.2, -0.15) is 0 Å². The summed E-state index contributed by atoms with van der Waals surface area (Å²) in [6, 6.07) is 6.58. The first-order valence-corrected chi connectivity index (χ1v) is 6.45. The van der Waals surface area contributed by atoms with Gasteiger partial charge >= 0.3 is 0 Å². The zero-order valence-electron chi connectivity index (χ0n) is 10.7. The first-order valence-electron chi connectivity index (χ1n) is 5.87. The van der Waals surface area contributed by atoms with Gasteiger partial charge in [0.1, 0.15) is 0 Å². The lowest BCUT2D eigenvalue weighted by molar-refractivity contribution is 0.866. The average Bonchev–Trinajstić information content (AvgIpc) is 2.24. The SMILES string of the molecule is C=C1/C=C\C(C)=C/C(C)(P)c2cc(C)ccc21. The van der Waals surface area contributed by atoms with Crippen LogP contribution in [0.3, 0.4) is 0 Å². The van der Waals surface area contributed by atoms with E-state index in [4.69, 9.17) is 0 Å². The van der Waals surface area contributed by atoms with E-state index in [1.165, 1.54) is 22.3 Å². The van der Waals surface area contributed by atoms with E-state index in [0.717, 1.165) is 5.57 Å². The first-order chi connectivity index (χ1) is 7.90. The molecule has 0 N–H and O–H groups in total. The number of hydrogen-bond acceptors (Lipinski definition) is 0. The molecule has 0 heterocycles. The quantitative estimate of drug-likeness (QED) is 0.582. The molecule has 0 saturated heterocycles. The van der Waals surface area contributed by atoms with Gasteiger partial charge in [-0.1, -0.05) is 54.1 Å². The molecule has 0 fully saturated rings. The Morgan fingerprint density at radius 2 is 1.88 bits per heavy atom. The molecule has 1 aromatic carbocycles. The molecule has 1 aliphatic rings. The van der Waals surface area contributed by atoms with Crippen molar-refractivity contribution in [1.29, 1.82) is 0 Å². The van der Waals surface area contributed by atoms with E-state index < -0.39 is 0 Å². The lowest BCUT2D eigenvalue weighted by atomic mass is 9.86. The van der Waals surface area contributed by atoms with Gasteiger partial charge in [-0.05, 0) is 37.5 Å². The van der Waals surface area contributed by atoms with Crippen molar-refractivity contribution in [1.82, 2.24) is 0 Å². The molecule has 1 aromatic rings. The van der Waals surface area contributed by atoms with Gasteiger partial charge in [-0.25, -0.2) is 0 Å². The molecule has 17 heavy (non-hydrogen) atoms. The van der Waals surface area contributed by atoms with Crippen molar-refractivity contribution < 1.29 is 0 Å². The van der Waals surface area contributed by atoms with Crippen molar-refractivity contribution in [2.45, 2.75) is 25.9 Å². The van der Waals surface area contributed by atoms with Crippen LogP contribution < -0.4 is 0 Å². The van der Waals surface area contributed by atoms with Crippen molar-refractivity contribution in [2.75, 3.05) is 0 Å². The highest BCUT2D eigenvalue weighted by atomic mass is 31.0. The minimum atomic E-state index is -0.0286. The fourth-order valence-electron chi connectivity index (χ4n) is 2.30. The van der Waals surface area contributed by atoms with E-state index in [1.807, 2.05) is 0 Å². The summed E-state index contributed by atoms with van der Waals surface area (Å²) in [4.78, 5) is 0. The Balaban J connectivity index is 2.74. The normalized spacial score (nSPS) is 28.7. The third-order valence-electron chi connectivity index (χ3n) is 3.18. The predicted octanol–water partition coefficient (Wildman–Crippen LogP) is 4.61. The Kier molecular flexibility index (Phi) is 3.10. The number of benzene rings is 1. The number of aryl methyl sites for hydroxylation is 1. The van der Waals surface area contributed by atoms with E-state index >= 15 is 0 Å². The molecular weight excluding hydrogens is 223 g/mol. The third kappa shape index (κ3) is 2.42. The van der Waals surface area contributed by atoms with Crippen LogP contribution in [0.15, 0.2) is 48.6 Å². The maximum Gasteiger partial charge on any atom is 0.0258 e. The molecule has 0 saturated carbocycles. The second-order valence-corrected chi connectivity index (χ2v) is 6.28. The summed E-state index contributed by atoms with van der Waals surface area (Å²) in [6.45, 7) is 10.7. The molecule has 0 nitrogen and oxygen atoms in total. The monoisotopic (exact) mass is 242 g/mol. The Morgan fingerprint density at radius 3 is 2.59 bits per heavy atom. The summed E-state index contributed by atoms with van der Waals surface area (Å²) >= 11 is 0. The van der Waals surface area contributed by atoms with E-state index in [-0.39, 0.29) is 5.16 Å². The summed E-state index contributed by atoms with van der Waals surface area (Å²) < 4.78 is 0. The summed E-state index contributed by atoms with van der Waals surface area (Å²) in [5.74, 6) is 0. The van der Waals surface area contributed by atoms with Gasteiger partial charge in [0.25, 0.3) is 0 Å². The standard InChI is InChI=1S/C16H19P/c1-11-6-8-14-13(3)7-5-12(2)10-16(4,17)15(14)9-11/h5-10H,3,17H2,1-2,4H3/b7-5-,12-10-. The molecule has 88 valence electrons. The smallest absolute Gasteiger partial charge is 0.0258 e. The second kappa shape index (κ2) is 4.27. The van der Waals surface area contributed by atoms with Crippen LogP contribution in [0.4, 0.5) is 0 Å². The highest BCUT2D eigenvalue weighted by Crippen LogP contribution is 2.40. The molecule has 0 radical (unpaired) electrons. The summed E-state index contributed by atoms with van der Waals surface area (Å²) in [7, 11) is 2.96. The van der Waals surface area contributed by atoms with Gasteiger partial charge in [0.05, 0.1) is 0 Å². The minimum absolute atomic E-state index is 0.0286. The Bertz CT molecular complexity index is 530. The van der Waals surface area contributed by atoms with Gasteiger partial charge in [0, 0.05) is 5.16 Å². The fourth-order valence-corrected chi connectivity index (χ4v) is 2.81. The van der Waals surface area contributed by atoms with Crippen molar-refractivity contribution in [3.05, 3.63) is 65.3 Å². The van der Waals surface area contributed by atoms with Crippen molar-refractivity contribution in [2.24, 2.45) is 0 Å². The molecule has 0 bridgehead atoms. The molecule has 0 aliphatic heterocycles. The van der Waals surface area contributed by atoms with Gasteiger partial charge in [0.15, 0.2) is 0 Å². The second-order valence-electron chi connectivity index (χ2n) is 5.08. The van der Waals surface area contributed by atoms with Crippen molar-refractivity contribution in [3.63, 3.8) is 0 Å². The predicted molar refractivity (Wildman–Crippen MR) is 80.2 cm³/mol. The van der Waals surface area contributed by atoms with Crippen LogP contribution in [0, 0.1) is 6.92 Å². The van der Waals surface area contributed by atoms with E-state index in [2.05, 4.69) is 73.0 Å². The van der Waals surface area contributed by atoms with Crippen LogP contribution in [-0.4, -0.2) is 0 Å². The maximum atomic E-state index is 4.16. The zero-order chi connectivity index (χ0) is 12.6. The van der Waals surface area contributed by atoms with Gasteiger partial charge in [0.2, 0.25) is 0 Å². The lowest BCUT2D eigenvalue weighted by Gasteiger charge is -2.27. The summed E-state index contributed by atoms with van der Waals surface area (Å²) in [6.07, 6.45) is 6.52. The highest BCUT2D eigenvalue weighted by Gasteiger charge is 2.23. The Morgan fingerprint density at radius 1 is 1.18 bits per heavy atom. The van der Waals surface area contributed by atoms with Gasteiger partial charge in [-0.3, -0.25) is 0 Å². The van der Waals surface area contributed by atoms with Crippen LogP contribution in [0.1, 0.15) is 30.5 Å². The van der Waals surface area contributed by atoms with Crippen LogP contribution in [0.5, 0.6) is 0 Å². The first kappa shape index (κ1) is 12.3. The third-order valence-corrected chi connectivity index (χ3v) is 3.65. The number of rotatable bonds is 0. The fraction of sp³-hybridized carbons (Fsp3) is 0.250. The topological polar surface area (TPSA) is 0 Å². The van der Waals surface area contributed by atoms with E-state index in [9.17, 15) is 0 Å². The van der Waals surface area contributed by atoms with Crippen LogP contribution >= 0.6 is 9.24 Å². The van der Waals surface area contributed by atoms with Crippen LogP contribution in [0.2, 0.25) is 0 Å². The van der Waals surface area contributed by atoms with Crippen molar-refractivity contribution >= 4 is 14.8 Å². The summed E-state index contributed by atoms with van der Waals surface area (Å²) in [5.41, 5.74) is 6.22. The highest BCUT2D eigenvalue weighted by molar-refractivity contribution is 7.18. The summed E-state index contributed by atoms with van der Waals surface area (Å²) in [5, 5.41) is -0.0286. The number of hydrogen-bond donors (Lipinski definition) is 0. The van der Waals surface area contributed by atoms with Crippen molar-refractivity contribution in [3.8, 4) is 0 Å². The molecule has 1 heteroatoms. The zero-order valence-corrected chi connectivity index (χ0v) is 11.9. The average molecular weight is 242 g/mol. The molecule has 2 rings (SSSR count). The molecule has 0 aromatic heterocycles.